The number of hydrogen-bond acceptors (Lipinski definition) is 5. The normalized spacial score (nSPS) is 16.9. The Morgan fingerprint density at radius 3 is 2.27 bits per heavy atom. The van der Waals surface area contributed by atoms with E-state index in [1.165, 1.54) is 7.05 Å². The van der Waals surface area contributed by atoms with Crippen molar-refractivity contribution >= 4 is 29.2 Å². The van der Waals surface area contributed by atoms with Crippen LogP contribution in [0.3, 0.4) is 0 Å². The van der Waals surface area contributed by atoms with E-state index in [2.05, 4.69) is 15.6 Å². The molecule has 1 aliphatic rings. The highest BCUT2D eigenvalue weighted by molar-refractivity contribution is 6.33. The highest BCUT2D eigenvalue weighted by Gasteiger charge is 2.34. The molecule has 0 radical (unpaired) electrons. The lowest BCUT2D eigenvalue weighted by molar-refractivity contribution is -0.137. The fraction of sp³-hybridized carbons (Fsp3) is 0.632. The van der Waals surface area contributed by atoms with Gasteiger partial charge in [-0.3, -0.25) is 14.5 Å². The van der Waals surface area contributed by atoms with E-state index >= 15 is 0 Å². The molecule has 1 aromatic rings. The van der Waals surface area contributed by atoms with Crippen molar-refractivity contribution in [2.75, 3.05) is 44.7 Å². The number of likely N-dealkylation sites (N-methyl/N-ethyl adjacent to an activating group) is 1. The molecule has 2 N–H and O–H groups in total. The molecule has 0 saturated carbocycles. The van der Waals surface area contributed by atoms with Gasteiger partial charge in [-0.1, -0.05) is 32.4 Å². The van der Waals surface area contributed by atoms with Gasteiger partial charge in [0.1, 0.15) is 11.9 Å². The van der Waals surface area contributed by atoms with Crippen LogP contribution >= 0.6 is 11.6 Å². The minimum Gasteiger partial charge on any atom is -0.357 e. The van der Waals surface area contributed by atoms with E-state index in [-0.39, 0.29) is 23.4 Å². The van der Waals surface area contributed by atoms with Gasteiger partial charge < -0.3 is 15.5 Å². The zero-order chi connectivity index (χ0) is 22.7. The number of pyridine rings is 1. The molecule has 2 rings (SSSR count). The van der Waals surface area contributed by atoms with Crippen LogP contribution in [0.4, 0.5) is 19.0 Å². The highest BCUT2D eigenvalue weighted by atomic mass is 35.5. The van der Waals surface area contributed by atoms with E-state index in [0.717, 1.165) is 12.3 Å². The molecule has 2 amide bonds. The van der Waals surface area contributed by atoms with E-state index in [4.69, 9.17) is 11.6 Å². The molecule has 2 heterocycles. The summed E-state index contributed by atoms with van der Waals surface area (Å²) in [5.74, 6) is -0.234. The van der Waals surface area contributed by atoms with Gasteiger partial charge in [-0.2, -0.15) is 13.2 Å². The zero-order valence-corrected chi connectivity index (χ0v) is 18.2. The fourth-order valence-corrected chi connectivity index (χ4v) is 3.45. The molecular formula is C19H27ClF3N5O2. The molecule has 1 aromatic heterocycles. The summed E-state index contributed by atoms with van der Waals surface area (Å²) in [7, 11) is 1.52. The monoisotopic (exact) mass is 449 g/mol. The number of piperazine rings is 1. The van der Waals surface area contributed by atoms with E-state index in [1.54, 1.807) is 4.90 Å². The topological polar surface area (TPSA) is 77.6 Å². The summed E-state index contributed by atoms with van der Waals surface area (Å²) in [6, 6.07) is 0.209. The molecule has 1 fully saturated rings. The van der Waals surface area contributed by atoms with Crippen LogP contribution in [0.15, 0.2) is 12.3 Å². The van der Waals surface area contributed by atoms with Crippen molar-refractivity contribution in [3.63, 3.8) is 0 Å². The number of aromatic nitrogens is 1. The number of alkyl halides is 3. The van der Waals surface area contributed by atoms with Gasteiger partial charge in [0.2, 0.25) is 11.8 Å². The Morgan fingerprint density at radius 1 is 1.20 bits per heavy atom. The Balaban J connectivity index is 1.93. The number of anilines is 1. The minimum atomic E-state index is -4.50. The first-order valence-electron chi connectivity index (χ1n) is 9.54. The average Bonchev–Trinajstić information content (AvgIpc) is 2.64. The standard InChI is InChI=1S/C19H27ClF3N5O2/c1-18(2,3)15(17(30)24-4)26-14(29)11-27-5-7-28(8-6-27)16-13(20)9-12(10-25-16)19(21,22)23/h9-10,15H,5-8,11H2,1-4H3,(H,24,30)(H,26,29). The van der Waals surface area contributed by atoms with E-state index in [0.29, 0.717) is 32.0 Å². The van der Waals surface area contributed by atoms with Gasteiger partial charge in [-0.15, -0.1) is 0 Å². The maximum Gasteiger partial charge on any atom is 0.417 e. The van der Waals surface area contributed by atoms with Crippen LogP contribution in [0.1, 0.15) is 26.3 Å². The number of nitrogens with zero attached hydrogens (tertiary/aromatic N) is 3. The van der Waals surface area contributed by atoms with Crippen molar-refractivity contribution in [3.8, 4) is 0 Å². The van der Waals surface area contributed by atoms with E-state index in [1.807, 2.05) is 25.7 Å². The van der Waals surface area contributed by atoms with E-state index in [9.17, 15) is 22.8 Å². The van der Waals surface area contributed by atoms with Crippen LogP contribution in [0.5, 0.6) is 0 Å². The second kappa shape index (κ2) is 9.38. The fourth-order valence-electron chi connectivity index (χ4n) is 3.17. The maximum absolute atomic E-state index is 12.8. The maximum atomic E-state index is 12.8. The number of rotatable bonds is 5. The lowest BCUT2D eigenvalue weighted by Gasteiger charge is -2.36. The molecule has 1 aliphatic heterocycles. The van der Waals surface area contributed by atoms with Crippen molar-refractivity contribution in [1.82, 2.24) is 20.5 Å². The van der Waals surface area contributed by atoms with Crippen molar-refractivity contribution in [3.05, 3.63) is 22.8 Å². The molecule has 0 spiro atoms. The highest BCUT2D eigenvalue weighted by Crippen LogP contribution is 2.33. The number of halogens is 4. The van der Waals surface area contributed by atoms with Crippen molar-refractivity contribution in [2.45, 2.75) is 33.0 Å². The van der Waals surface area contributed by atoms with Gasteiger partial charge in [0.05, 0.1) is 17.1 Å². The van der Waals surface area contributed by atoms with Gasteiger partial charge in [0, 0.05) is 39.4 Å². The van der Waals surface area contributed by atoms with Gasteiger partial charge >= 0.3 is 6.18 Å². The number of nitrogens with one attached hydrogen (secondary N) is 2. The van der Waals surface area contributed by atoms with Crippen LogP contribution < -0.4 is 15.5 Å². The van der Waals surface area contributed by atoms with Crippen LogP contribution in [0.25, 0.3) is 0 Å². The first kappa shape index (κ1) is 24.2. The van der Waals surface area contributed by atoms with E-state index < -0.39 is 23.2 Å². The predicted molar refractivity (Wildman–Crippen MR) is 108 cm³/mol. The summed E-state index contributed by atoms with van der Waals surface area (Å²) in [6.07, 6.45) is -3.73. The minimum absolute atomic E-state index is 0.0605. The van der Waals surface area contributed by atoms with Crippen molar-refractivity contribution in [1.29, 1.82) is 0 Å². The molecule has 168 valence electrons. The number of amides is 2. The summed E-state index contributed by atoms with van der Waals surface area (Å²) in [4.78, 5) is 32.1. The molecule has 7 nitrogen and oxygen atoms in total. The average molecular weight is 450 g/mol. The molecule has 1 saturated heterocycles. The van der Waals surface area contributed by atoms with Crippen LogP contribution in [0, 0.1) is 5.41 Å². The van der Waals surface area contributed by atoms with Gasteiger partial charge in [0.25, 0.3) is 0 Å². The Bertz CT molecular complexity index is 774. The Hall–Kier alpha value is -2.07. The molecule has 0 bridgehead atoms. The second-order valence-corrected chi connectivity index (χ2v) is 8.68. The lowest BCUT2D eigenvalue weighted by atomic mass is 9.86. The number of carbonyl (C=O) groups excluding carboxylic acids is 2. The van der Waals surface area contributed by atoms with Crippen molar-refractivity contribution in [2.24, 2.45) is 5.41 Å². The first-order chi connectivity index (χ1) is 13.8. The zero-order valence-electron chi connectivity index (χ0n) is 17.4. The molecule has 0 aromatic carbocycles. The second-order valence-electron chi connectivity index (χ2n) is 8.27. The molecule has 1 atom stereocenters. The van der Waals surface area contributed by atoms with Crippen LogP contribution in [-0.4, -0.2) is 67.5 Å². The Labute approximate surface area is 178 Å². The summed E-state index contributed by atoms with van der Waals surface area (Å²) in [5.41, 5.74) is -1.34. The summed E-state index contributed by atoms with van der Waals surface area (Å²) in [6.45, 7) is 7.66. The van der Waals surface area contributed by atoms with Gasteiger partial charge in [-0.25, -0.2) is 4.98 Å². The number of carbonyl (C=O) groups is 2. The largest absolute Gasteiger partial charge is 0.417 e. The molecule has 30 heavy (non-hydrogen) atoms. The quantitative estimate of drug-likeness (QED) is 0.720. The van der Waals surface area contributed by atoms with Gasteiger partial charge in [-0.05, 0) is 11.5 Å². The molecular weight excluding hydrogens is 423 g/mol. The molecule has 11 heteroatoms. The molecule has 0 aliphatic carbocycles. The first-order valence-corrected chi connectivity index (χ1v) is 9.91. The summed E-state index contributed by atoms with van der Waals surface area (Å²) in [5, 5.41) is 5.28. The van der Waals surface area contributed by atoms with Crippen LogP contribution in [0.2, 0.25) is 5.02 Å². The van der Waals surface area contributed by atoms with Crippen molar-refractivity contribution < 1.29 is 22.8 Å². The molecule has 1 unspecified atom stereocenters. The SMILES string of the molecule is CNC(=O)C(NC(=O)CN1CCN(c2ncc(C(F)(F)F)cc2Cl)CC1)C(C)(C)C. The smallest absolute Gasteiger partial charge is 0.357 e. The third-order valence-electron chi connectivity index (χ3n) is 4.87. The Kier molecular flexibility index (Phi) is 7.57. The lowest BCUT2D eigenvalue weighted by Crippen LogP contribution is -2.56. The van der Waals surface area contributed by atoms with Gasteiger partial charge in [0.15, 0.2) is 0 Å². The predicted octanol–water partition coefficient (Wildman–Crippen LogP) is 2.15. The van der Waals surface area contributed by atoms with Crippen LogP contribution in [-0.2, 0) is 15.8 Å². The number of hydrogen-bond donors (Lipinski definition) is 2. The third kappa shape index (κ3) is 6.21. The summed E-state index contributed by atoms with van der Waals surface area (Å²) < 4.78 is 38.3. The summed E-state index contributed by atoms with van der Waals surface area (Å²) >= 11 is 6.01. The Morgan fingerprint density at radius 2 is 1.80 bits per heavy atom. The third-order valence-corrected chi connectivity index (χ3v) is 5.15.